The fourth-order valence-corrected chi connectivity index (χ4v) is 3.79. The van der Waals surface area contributed by atoms with Crippen molar-refractivity contribution in [2.75, 3.05) is 7.11 Å². The SMILES string of the molecule is COc1ccc(-c2oc3cc(C)ccc3c(=O)c2OC2OC(C)[C@@H](O)C(C)[C@H]2O)cc1. The Bertz CT molecular complexity index is 1140. The van der Waals surface area contributed by atoms with Crippen LogP contribution in [0.3, 0.4) is 0 Å². The van der Waals surface area contributed by atoms with Crippen molar-refractivity contribution in [2.24, 2.45) is 5.92 Å². The Hall–Kier alpha value is -2.87. The second-order valence-electron chi connectivity index (χ2n) is 7.99. The second-order valence-corrected chi connectivity index (χ2v) is 7.99. The number of benzene rings is 2. The predicted molar refractivity (Wildman–Crippen MR) is 115 cm³/mol. The van der Waals surface area contributed by atoms with Gasteiger partial charge in [-0.2, -0.15) is 0 Å². The Morgan fingerprint density at radius 1 is 1.00 bits per heavy atom. The molecule has 2 heterocycles. The van der Waals surface area contributed by atoms with E-state index in [-0.39, 0.29) is 16.9 Å². The first-order chi connectivity index (χ1) is 14.8. The molecule has 0 bridgehead atoms. The number of rotatable bonds is 4. The van der Waals surface area contributed by atoms with Gasteiger partial charge in [0.25, 0.3) is 0 Å². The third kappa shape index (κ3) is 3.92. The monoisotopic (exact) mass is 426 g/mol. The van der Waals surface area contributed by atoms with Crippen molar-refractivity contribution in [1.29, 1.82) is 0 Å². The van der Waals surface area contributed by atoms with E-state index in [9.17, 15) is 15.0 Å². The maximum Gasteiger partial charge on any atom is 0.235 e. The quantitative estimate of drug-likeness (QED) is 0.661. The Morgan fingerprint density at radius 3 is 2.39 bits per heavy atom. The summed E-state index contributed by atoms with van der Waals surface area (Å²) >= 11 is 0. The van der Waals surface area contributed by atoms with Crippen molar-refractivity contribution in [3.63, 3.8) is 0 Å². The number of methoxy groups -OCH3 is 1. The van der Waals surface area contributed by atoms with Crippen LogP contribution in [0, 0.1) is 12.8 Å². The van der Waals surface area contributed by atoms with E-state index < -0.39 is 30.5 Å². The highest BCUT2D eigenvalue weighted by Gasteiger charge is 2.42. The summed E-state index contributed by atoms with van der Waals surface area (Å²) in [4.78, 5) is 13.4. The van der Waals surface area contributed by atoms with Gasteiger partial charge in [0.2, 0.25) is 17.5 Å². The van der Waals surface area contributed by atoms with E-state index in [1.165, 1.54) is 0 Å². The van der Waals surface area contributed by atoms with Gasteiger partial charge in [-0.3, -0.25) is 4.79 Å². The molecule has 3 unspecified atom stereocenters. The van der Waals surface area contributed by atoms with E-state index in [0.717, 1.165) is 5.56 Å². The molecule has 1 saturated heterocycles. The molecule has 1 aliphatic rings. The number of aryl methyl sites for hydroxylation is 1. The highest BCUT2D eigenvalue weighted by Crippen LogP contribution is 2.35. The molecule has 31 heavy (non-hydrogen) atoms. The third-order valence-corrected chi connectivity index (χ3v) is 5.78. The van der Waals surface area contributed by atoms with Crippen molar-refractivity contribution in [3.05, 3.63) is 58.3 Å². The number of hydrogen-bond acceptors (Lipinski definition) is 7. The molecule has 0 saturated carbocycles. The zero-order chi connectivity index (χ0) is 22.3. The Balaban J connectivity index is 1.85. The lowest BCUT2D eigenvalue weighted by molar-refractivity contribution is -0.250. The zero-order valence-corrected chi connectivity index (χ0v) is 17.9. The van der Waals surface area contributed by atoms with Crippen molar-refractivity contribution in [3.8, 4) is 22.8 Å². The minimum Gasteiger partial charge on any atom is -0.497 e. The van der Waals surface area contributed by atoms with Gasteiger partial charge < -0.3 is 28.8 Å². The molecule has 3 aromatic rings. The molecule has 1 fully saturated rings. The lowest BCUT2D eigenvalue weighted by Crippen LogP contribution is -2.54. The molecule has 164 valence electrons. The van der Waals surface area contributed by atoms with Crippen LogP contribution in [-0.4, -0.2) is 41.9 Å². The largest absolute Gasteiger partial charge is 0.497 e. The molecule has 4 rings (SSSR count). The van der Waals surface area contributed by atoms with Gasteiger partial charge >= 0.3 is 0 Å². The van der Waals surface area contributed by atoms with Crippen molar-refractivity contribution < 1.29 is 28.8 Å². The summed E-state index contributed by atoms with van der Waals surface area (Å²) in [5.74, 6) is 0.343. The Kier molecular flexibility index (Phi) is 5.75. The zero-order valence-electron chi connectivity index (χ0n) is 17.9. The van der Waals surface area contributed by atoms with Crippen LogP contribution < -0.4 is 14.9 Å². The molecule has 1 aromatic heterocycles. The summed E-state index contributed by atoms with van der Waals surface area (Å²) in [6.07, 6.45) is -3.66. The standard InChI is InChI=1S/C24H26O7/c1-12-5-10-17-18(11-12)30-22(15-6-8-16(28-4)9-7-15)23(21(17)27)31-24-20(26)13(2)19(25)14(3)29-24/h5-11,13-14,19-20,24-26H,1-4H3/t13?,14?,19-,20+,24?/m0/s1. The summed E-state index contributed by atoms with van der Waals surface area (Å²) in [7, 11) is 1.57. The normalized spacial score (nSPS) is 26.1. The third-order valence-electron chi connectivity index (χ3n) is 5.78. The van der Waals surface area contributed by atoms with E-state index in [0.29, 0.717) is 22.3 Å². The van der Waals surface area contributed by atoms with Crippen LogP contribution >= 0.6 is 0 Å². The topological polar surface area (TPSA) is 98.4 Å². The van der Waals surface area contributed by atoms with Crippen LogP contribution in [0.1, 0.15) is 19.4 Å². The summed E-state index contributed by atoms with van der Waals surface area (Å²) in [5.41, 5.74) is 1.63. The Morgan fingerprint density at radius 2 is 1.71 bits per heavy atom. The molecular weight excluding hydrogens is 400 g/mol. The average molecular weight is 426 g/mol. The molecule has 0 radical (unpaired) electrons. The van der Waals surface area contributed by atoms with Gasteiger partial charge in [-0.1, -0.05) is 13.0 Å². The van der Waals surface area contributed by atoms with Crippen LogP contribution in [0.4, 0.5) is 0 Å². The molecule has 0 aliphatic carbocycles. The maximum atomic E-state index is 13.4. The molecule has 0 spiro atoms. The summed E-state index contributed by atoms with van der Waals surface area (Å²) in [6, 6.07) is 12.3. The van der Waals surface area contributed by atoms with Crippen LogP contribution in [0.2, 0.25) is 0 Å². The van der Waals surface area contributed by atoms with Gasteiger partial charge in [0.15, 0.2) is 5.76 Å². The first-order valence-electron chi connectivity index (χ1n) is 10.2. The second kappa shape index (κ2) is 8.34. The molecule has 2 N–H and O–H groups in total. The summed E-state index contributed by atoms with van der Waals surface area (Å²) in [5, 5.41) is 21.1. The molecule has 1 aliphatic heterocycles. The minimum atomic E-state index is -1.13. The molecule has 2 aromatic carbocycles. The number of aliphatic hydroxyl groups is 2. The minimum absolute atomic E-state index is 0.0543. The molecule has 0 amide bonds. The number of ether oxygens (including phenoxy) is 3. The van der Waals surface area contributed by atoms with Gasteiger partial charge in [-0.25, -0.2) is 0 Å². The lowest BCUT2D eigenvalue weighted by Gasteiger charge is -2.39. The smallest absolute Gasteiger partial charge is 0.235 e. The lowest BCUT2D eigenvalue weighted by atomic mass is 9.91. The van der Waals surface area contributed by atoms with Crippen molar-refractivity contribution >= 4 is 11.0 Å². The fourth-order valence-electron chi connectivity index (χ4n) is 3.79. The van der Waals surface area contributed by atoms with Gasteiger partial charge in [-0.05, 0) is 55.8 Å². The van der Waals surface area contributed by atoms with Crippen LogP contribution in [0.15, 0.2) is 51.7 Å². The van der Waals surface area contributed by atoms with Gasteiger partial charge in [0, 0.05) is 11.5 Å². The van der Waals surface area contributed by atoms with Crippen molar-refractivity contribution in [2.45, 2.75) is 45.4 Å². The number of aliphatic hydroxyl groups excluding tert-OH is 2. The predicted octanol–water partition coefficient (Wildman–Crippen LogP) is 3.26. The van der Waals surface area contributed by atoms with Gasteiger partial charge in [0.05, 0.1) is 24.7 Å². The molecular formula is C24H26O7. The first-order valence-corrected chi connectivity index (χ1v) is 10.2. The summed E-state index contributed by atoms with van der Waals surface area (Å²) < 4.78 is 23.0. The van der Waals surface area contributed by atoms with E-state index in [1.807, 2.05) is 13.0 Å². The highest BCUT2D eigenvalue weighted by atomic mass is 16.7. The molecule has 5 atom stereocenters. The van der Waals surface area contributed by atoms with Crippen molar-refractivity contribution in [1.82, 2.24) is 0 Å². The highest BCUT2D eigenvalue weighted by molar-refractivity contribution is 5.82. The number of hydrogen-bond donors (Lipinski definition) is 2. The van der Waals surface area contributed by atoms with Gasteiger partial charge in [-0.15, -0.1) is 0 Å². The van der Waals surface area contributed by atoms with Crippen LogP contribution in [0.5, 0.6) is 11.5 Å². The molecule has 7 nitrogen and oxygen atoms in total. The maximum absolute atomic E-state index is 13.4. The average Bonchev–Trinajstić information content (AvgIpc) is 2.77. The van der Waals surface area contributed by atoms with Crippen LogP contribution in [-0.2, 0) is 4.74 Å². The Labute approximate surface area is 179 Å². The van der Waals surface area contributed by atoms with E-state index in [4.69, 9.17) is 18.6 Å². The fraction of sp³-hybridized carbons (Fsp3) is 0.375. The summed E-state index contributed by atoms with van der Waals surface area (Å²) in [6.45, 7) is 5.32. The van der Waals surface area contributed by atoms with E-state index in [1.54, 1.807) is 57.4 Å². The van der Waals surface area contributed by atoms with Gasteiger partial charge in [0.1, 0.15) is 17.4 Å². The first kappa shape index (κ1) is 21.4. The van der Waals surface area contributed by atoms with Crippen LogP contribution in [0.25, 0.3) is 22.3 Å². The number of fused-ring (bicyclic) bond motifs is 1. The van der Waals surface area contributed by atoms with E-state index in [2.05, 4.69) is 0 Å². The van der Waals surface area contributed by atoms with E-state index >= 15 is 0 Å². The molecule has 7 heteroatoms.